The Kier molecular flexibility index (Phi) is 18.1. The number of hydrogen-bond acceptors (Lipinski definition) is 7. The zero-order valence-electron chi connectivity index (χ0n) is 19.2. The van der Waals surface area contributed by atoms with E-state index < -0.39 is 21.5 Å². The van der Waals surface area contributed by atoms with Gasteiger partial charge in [0, 0.05) is 0 Å². The maximum Gasteiger partial charge on any atom is 0.475 e. The third-order valence-electron chi connectivity index (χ3n) is 4.23. The van der Waals surface area contributed by atoms with Gasteiger partial charge >= 0.3 is 15.4 Å². The van der Waals surface area contributed by atoms with E-state index >= 15 is 0 Å². The largest absolute Gasteiger partial charge is 0.475 e. The molecule has 0 saturated carbocycles. The molecule has 176 valence electrons. The standard InChI is InChI=1S/C20H44O7P2/c1-6-11-15-23-28(21,24-16-12-7-2)19-20(10-5)27-29(22,25-17-13-8-3)26-18-14-9-4/h20H,6-19H2,1-5H3. The molecule has 0 aliphatic heterocycles. The Balaban J connectivity index is 5.11. The second-order valence-electron chi connectivity index (χ2n) is 7.12. The van der Waals surface area contributed by atoms with Crippen LogP contribution in [-0.2, 0) is 31.7 Å². The molecule has 0 aromatic carbocycles. The third-order valence-corrected chi connectivity index (χ3v) is 7.79. The quantitative estimate of drug-likeness (QED) is 0.131. The average molecular weight is 459 g/mol. The molecule has 1 unspecified atom stereocenters. The minimum Gasteiger partial charge on any atom is -0.309 e. The molecule has 0 amide bonds. The summed E-state index contributed by atoms with van der Waals surface area (Å²) in [4.78, 5) is 0. The van der Waals surface area contributed by atoms with Crippen LogP contribution in [0.1, 0.15) is 92.4 Å². The second kappa shape index (κ2) is 17.9. The predicted octanol–water partition coefficient (Wildman–Crippen LogP) is 7.35. The first-order chi connectivity index (χ1) is 13.9. The van der Waals surface area contributed by atoms with Crippen molar-refractivity contribution in [3.8, 4) is 0 Å². The molecule has 0 rings (SSSR count). The van der Waals surface area contributed by atoms with E-state index in [0.717, 1.165) is 51.4 Å². The monoisotopic (exact) mass is 458 g/mol. The van der Waals surface area contributed by atoms with Crippen molar-refractivity contribution in [2.24, 2.45) is 0 Å². The first-order valence-electron chi connectivity index (χ1n) is 11.3. The van der Waals surface area contributed by atoms with Crippen LogP contribution >= 0.6 is 15.4 Å². The number of phosphoric acid groups is 1. The minimum atomic E-state index is -3.73. The summed E-state index contributed by atoms with van der Waals surface area (Å²) in [5, 5.41) is 0. The van der Waals surface area contributed by atoms with Gasteiger partial charge in [0.05, 0.1) is 38.7 Å². The molecule has 0 spiro atoms. The molecular formula is C20H44O7P2. The maximum atomic E-state index is 13.2. The molecular weight excluding hydrogens is 414 g/mol. The lowest BCUT2D eigenvalue weighted by molar-refractivity contribution is 0.0788. The van der Waals surface area contributed by atoms with Gasteiger partial charge in [0.2, 0.25) is 0 Å². The van der Waals surface area contributed by atoms with Crippen molar-refractivity contribution < 1.29 is 31.7 Å². The van der Waals surface area contributed by atoms with Crippen molar-refractivity contribution in [1.82, 2.24) is 0 Å². The smallest absolute Gasteiger partial charge is 0.309 e. The highest BCUT2D eigenvalue weighted by atomic mass is 31.2. The van der Waals surface area contributed by atoms with Crippen molar-refractivity contribution >= 4 is 15.4 Å². The summed E-state index contributed by atoms with van der Waals surface area (Å²) in [6, 6.07) is 0. The molecule has 0 aliphatic carbocycles. The van der Waals surface area contributed by atoms with Crippen LogP contribution in [0.25, 0.3) is 0 Å². The Labute approximate surface area is 178 Å². The van der Waals surface area contributed by atoms with Crippen LogP contribution in [0.5, 0.6) is 0 Å². The van der Waals surface area contributed by atoms with E-state index in [1.54, 1.807) is 0 Å². The van der Waals surface area contributed by atoms with Crippen LogP contribution in [-0.4, -0.2) is 38.7 Å². The van der Waals surface area contributed by atoms with Gasteiger partial charge in [-0.25, -0.2) is 4.57 Å². The topological polar surface area (TPSA) is 80.3 Å². The van der Waals surface area contributed by atoms with Crippen molar-refractivity contribution in [1.29, 1.82) is 0 Å². The lowest BCUT2D eigenvalue weighted by atomic mass is 10.3. The van der Waals surface area contributed by atoms with Gasteiger partial charge in [-0.05, 0) is 32.1 Å². The summed E-state index contributed by atoms with van der Waals surface area (Å²) < 4.78 is 54.4. The molecule has 0 N–H and O–H groups in total. The molecule has 0 aliphatic rings. The first-order valence-corrected chi connectivity index (χ1v) is 14.5. The molecule has 0 bridgehead atoms. The molecule has 9 heteroatoms. The fourth-order valence-electron chi connectivity index (χ4n) is 2.25. The van der Waals surface area contributed by atoms with E-state index in [1.807, 2.05) is 34.6 Å². The molecule has 0 aromatic heterocycles. The van der Waals surface area contributed by atoms with Gasteiger partial charge < -0.3 is 9.05 Å². The summed E-state index contributed by atoms with van der Waals surface area (Å²) in [6.07, 6.45) is 6.78. The minimum absolute atomic E-state index is 0.0369. The maximum absolute atomic E-state index is 13.2. The fraction of sp³-hybridized carbons (Fsp3) is 1.00. The summed E-state index contributed by atoms with van der Waals surface area (Å²) in [6.45, 7) is 11.4. The summed E-state index contributed by atoms with van der Waals surface area (Å²) in [5.41, 5.74) is 0. The summed E-state index contributed by atoms with van der Waals surface area (Å²) >= 11 is 0. The second-order valence-corrected chi connectivity index (χ2v) is 10.8. The molecule has 0 aromatic rings. The Morgan fingerprint density at radius 1 is 0.621 bits per heavy atom. The highest BCUT2D eigenvalue weighted by Gasteiger charge is 2.36. The van der Waals surface area contributed by atoms with Gasteiger partial charge in [-0.3, -0.25) is 18.1 Å². The average Bonchev–Trinajstić information content (AvgIpc) is 2.68. The van der Waals surface area contributed by atoms with Crippen LogP contribution in [0.15, 0.2) is 0 Å². The Morgan fingerprint density at radius 3 is 1.34 bits per heavy atom. The van der Waals surface area contributed by atoms with E-state index in [2.05, 4.69) is 0 Å². The number of phosphoric ester groups is 1. The van der Waals surface area contributed by atoms with Gasteiger partial charge in [0.25, 0.3) is 0 Å². The summed E-state index contributed by atoms with van der Waals surface area (Å²) in [7, 11) is -7.09. The Bertz CT molecular complexity index is 406. The Hall–Kier alpha value is 0.260. The van der Waals surface area contributed by atoms with E-state index in [9.17, 15) is 9.13 Å². The number of unbranched alkanes of at least 4 members (excludes halogenated alkanes) is 4. The van der Waals surface area contributed by atoms with E-state index in [-0.39, 0.29) is 6.16 Å². The van der Waals surface area contributed by atoms with Crippen LogP contribution in [0, 0.1) is 0 Å². The van der Waals surface area contributed by atoms with Crippen molar-refractivity contribution in [2.45, 2.75) is 98.5 Å². The molecule has 1 atom stereocenters. The van der Waals surface area contributed by atoms with Gasteiger partial charge in [-0.1, -0.05) is 60.3 Å². The van der Waals surface area contributed by atoms with Crippen LogP contribution in [0.2, 0.25) is 0 Å². The highest BCUT2D eigenvalue weighted by molar-refractivity contribution is 7.54. The molecule has 0 heterocycles. The van der Waals surface area contributed by atoms with Gasteiger partial charge in [-0.15, -0.1) is 0 Å². The SMILES string of the molecule is CCCCOP(=O)(CC(CC)OP(=O)(OCCCC)OCCCC)OCCCC. The van der Waals surface area contributed by atoms with Gasteiger partial charge in [0.15, 0.2) is 0 Å². The molecule has 29 heavy (non-hydrogen) atoms. The molecule has 0 radical (unpaired) electrons. The van der Waals surface area contributed by atoms with E-state index in [4.69, 9.17) is 22.6 Å². The van der Waals surface area contributed by atoms with Crippen molar-refractivity contribution in [3.05, 3.63) is 0 Å². The van der Waals surface area contributed by atoms with Crippen LogP contribution in [0.3, 0.4) is 0 Å². The van der Waals surface area contributed by atoms with E-state index in [1.165, 1.54) is 0 Å². The van der Waals surface area contributed by atoms with Gasteiger partial charge in [-0.2, -0.15) is 0 Å². The third kappa shape index (κ3) is 14.8. The zero-order valence-corrected chi connectivity index (χ0v) is 21.0. The number of rotatable bonds is 21. The number of hydrogen-bond donors (Lipinski definition) is 0. The zero-order chi connectivity index (χ0) is 22.0. The lowest BCUT2D eigenvalue weighted by Gasteiger charge is -2.26. The fourth-order valence-corrected chi connectivity index (χ4v) is 5.79. The van der Waals surface area contributed by atoms with E-state index in [0.29, 0.717) is 32.8 Å². The Morgan fingerprint density at radius 2 is 1.00 bits per heavy atom. The summed E-state index contributed by atoms with van der Waals surface area (Å²) in [5.74, 6) is 0. The lowest BCUT2D eigenvalue weighted by Crippen LogP contribution is -2.20. The van der Waals surface area contributed by atoms with Crippen LogP contribution < -0.4 is 0 Å². The molecule has 7 nitrogen and oxygen atoms in total. The van der Waals surface area contributed by atoms with Crippen molar-refractivity contribution in [3.63, 3.8) is 0 Å². The molecule has 0 saturated heterocycles. The van der Waals surface area contributed by atoms with Crippen LogP contribution in [0.4, 0.5) is 0 Å². The highest BCUT2D eigenvalue weighted by Crippen LogP contribution is 2.55. The van der Waals surface area contributed by atoms with Gasteiger partial charge in [0.1, 0.15) is 0 Å². The first kappa shape index (κ1) is 29.3. The normalized spacial score (nSPS) is 13.7. The predicted molar refractivity (Wildman–Crippen MR) is 119 cm³/mol. The molecule has 0 fully saturated rings. The van der Waals surface area contributed by atoms with Crippen molar-refractivity contribution in [2.75, 3.05) is 32.6 Å².